The number of imidazole rings is 1. The number of carbonyl (C=O) groups excluding carboxylic acids is 1. The number of hydrogen-bond acceptors (Lipinski definition) is 5. The number of rotatable bonds is 8. The smallest absolute Gasteiger partial charge is 0.283 e. The summed E-state index contributed by atoms with van der Waals surface area (Å²) in [5.41, 5.74) is 1.47. The maximum Gasteiger partial charge on any atom is 0.283 e. The Hall–Kier alpha value is -2.82. The van der Waals surface area contributed by atoms with E-state index in [1.54, 1.807) is 6.07 Å². The Kier molecular flexibility index (Phi) is 7.47. The van der Waals surface area contributed by atoms with Gasteiger partial charge in [0, 0.05) is 43.1 Å². The van der Waals surface area contributed by atoms with Crippen molar-refractivity contribution >= 4 is 27.0 Å². The van der Waals surface area contributed by atoms with Crippen molar-refractivity contribution < 1.29 is 22.0 Å². The molecule has 2 aromatic heterocycles. The minimum absolute atomic E-state index is 0.0347. The molecule has 0 saturated heterocycles. The molecule has 1 N–H and O–H groups in total. The lowest BCUT2D eigenvalue weighted by Crippen LogP contribution is -2.28. The summed E-state index contributed by atoms with van der Waals surface area (Å²) < 4.78 is 56.9. The van der Waals surface area contributed by atoms with Crippen LogP contribution < -0.4 is 5.32 Å². The highest BCUT2D eigenvalue weighted by Crippen LogP contribution is 2.38. The van der Waals surface area contributed by atoms with Crippen LogP contribution in [0, 0.1) is 5.92 Å². The molecule has 1 aliphatic carbocycles. The van der Waals surface area contributed by atoms with Crippen LogP contribution in [0.4, 0.5) is 8.78 Å². The molecule has 1 saturated carbocycles. The molecule has 0 radical (unpaired) electrons. The largest absolute Gasteiger partial charge is 0.356 e. The van der Waals surface area contributed by atoms with Crippen molar-refractivity contribution in [3.63, 3.8) is 0 Å². The molecule has 1 fully saturated rings. The predicted molar refractivity (Wildman–Crippen MR) is 137 cm³/mol. The average molecular weight is 536 g/mol. The van der Waals surface area contributed by atoms with E-state index in [0.717, 1.165) is 21.8 Å². The molecule has 0 aliphatic heterocycles. The third kappa shape index (κ3) is 6.02. The molecule has 1 aromatic carbocycles. The molecular formula is C26H35F2N5O3S. The van der Waals surface area contributed by atoms with Crippen LogP contribution in [-0.4, -0.2) is 45.5 Å². The monoisotopic (exact) mass is 535 g/mol. The van der Waals surface area contributed by atoms with Crippen molar-refractivity contribution in [3.05, 3.63) is 42.0 Å². The van der Waals surface area contributed by atoms with Gasteiger partial charge in [-0.15, -0.1) is 0 Å². The number of nitrogens with zero attached hydrogens (tertiary/aromatic N) is 4. The zero-order chi connectivity index (χ0) is 27.0. The number of aromatic nitrogens is 4. The van der Waals surface area contributed by atoms with Crippen LogP contribution in [0.25, 0.3) is 11.0 Å². The van der Waals surface area contributed by atoms with Crippen molar-refractivity contribution in [3.8, 4) is 0 Å². The van der Waals surface area contributed by atoms with Gasteiger partial charge in [-0.2, -0.15) is 17.6 Å². The molecule has 4 rings (SSSR count). The zero-order valence-corrected chi connectivity index (χ0v) is 22.6. The first-order valence-corrected chi connectivity index (χ1v) is 14.2. The van der Waals surface area contributed by atoms with Crippen molar-refractivity contribution in [1.82, 2.24) is 24.1 Å². The van der Waals surface area contributed by atoms with E-state index in [2.05, 4.69) is 15.0 Å². The van der Waals surface area contributed by atoms with Crippen LogP contribution in [0.5, 0.6) is 0 Å². The van der Waals surface area contributed by atoms with Gasteiger partial charge in [0.2, 0.25) is 11.8 Å². The van der Waals surface area contributed by atoms with Gasteiger partial charge in [-0.25, -0.2) is 13.8 Å². The number of benzene rings is 1. The summed E-state index contributed by atoms with van der Waals surface area (Å²) >= 11 is 0. The lowest BCUT2D eigenvalue weighted by molar-refractivity contribution is -0.120. The molecule has 3 aromatic rings. The normalized spacial score (nSPS) is 16.8. The molecule has 37 heavy (non-hydrogen) atoms. The van der Waals surface area contributed by atoms with Crippen molar-refractivity contribution in [1.29, 1.82) is 0 Å². The fourth-order valence-corrected chi connectivity index (χ4v) is 5.91. The number of nitrogens with one attached hydrogen (secondary N) is 1. The standard InChI is InChI=1S/C26H35F2N5O3S/c1-5-12-29-23(34)13-19-15-30-33(17-19)37(35,36)20-6-7-22-21(14-20)31-24(25(2,3)4)32(22)16-18-8-10-26(27,28)11-9-18/h6-7,14-15,17-18H,5,8-13,16H2,1-4H3,(H,29,34). The number of alkyl halides is 2. The van der Waals surface area contributed by atoms with Gasteiger partial charge in [0.05, 0.1) is 28.5 Å². The van der Waals surface area contributed by atoms with Crippen molar-refractivity contribution in [2.45, 2.75) is 89.0 Å². The van der Waals surface area contributed by atoms with Gasteiger partial charge in [0.15, 0.2) is 0 Å². The first-order valence-electron chi connectivity index (χ1n) is 12.7. The highest BCUT2D eigenvalue weighted by atomic mass is 32.2. The average Bonchev–Trinajstić information content (AvgIpc) is 3.44. The van der Waals surface area contributed by atoms with Gasteiger partial charge in [-0.05, 0) is 43.4 Å². The molecule has 0 spiro atoms. The van der Waals surface area contributed by atoms with Crippen LogP contribution in [0.3, 0.4) is 0 Å². The maximum atomic E-state index is 13.7. The number of halogens is 2. The lowest BCUT2D eigenvalue weighted by atomic mass is 9.86. The highest BCUT2D eigenvalue weighted by Gasteiger charge is 2.36. The van der Waals surface area contributed by atoms with Gasteiger partial charge >= 0.3 is 0 Å². The SMILES string of the molecule is CCCNC(=O)Cc1cnn(S(=O)(=O)c2ccc3c(c2)nc(C(C)(C)C)n3CC2CCC(F)(F)CC2)c1. The molecular weight excluding hydrogens is 500 g/mol. The predicted octanol–water partition coefficient (Wildman–Crippen LogP) is 4.66. The third-order valence-corrected chi connectivity index (χ3v) is 8.30. The second kappa shape index (κ2) is 10.2. The Bertz CT molecular complexity index is 1380. The van der Waals surface area contributed by atoms with E-state index in [1.165, 1.54) is 24.5 Å². The van der Waals surface area contributed by atoms with Gasteiger partial charge < -0.3 is 9.88 Å². The number of hydrogen-bond donors (Lipinski definition) is 1. The molecule has 202 valence electrons. The summed E-state index contributed by atoms with van der Waals surface area (Å²) in [4.78, 5) is 16.8. The van der Waals surface area contributed by atoms with E-state index in [9.17, 15) is 22.0 Å². The van der Waals surface area contributed by atoms with Gasteiger partial charge in [-0.1, -0.05) is 27.7 Å². The Morgan fingerprint density at radius 1 is 1.22 bits per heavy atom. The molecule has 0 atom stereocenters. The highest BCUT2D eigenvalue weighted by molar-refractivity contribution is 7.89. The summed E-state index contributed by atoms with van der Waals surface area (Å²) in [6.07, 6.45) is 4.26. The Morgan fingerprint density at radius 2 is 1.92 bits per heavy atom. The minimum Gasteiger partial charge on any atom is -0.356 e. The Morgan fingerprint density at radius 3 is 2.57 bits per heavy atom. The molecule has 11 heteroatoms. The number of carbonyl (C=O) groups is 1. The first kappa shape index (κ1) is 27.2. The fourth-order valence-electron chi connectivity index (χ4n) is 4.75. The summed E-state index contributed by atoms with van der Waals surface area (Å²) in [5, 5.41) is 6.75. The zero-order valence-electron chi connectivity index (χ0n) is 21.8. The van der Waals surface area contributed by atoms with Crippen LogP contribution in [0.15, 0.2) is 35.5 Å². The van der Waals surface area contributed by atoms with E-state index >= 15 is 0 Å². The fraction of sp³-hybridized carbons (Fsp3) is 0.577. The summed E-state index contributed by atoms with van der Waals surface area (Å²) in [6.45, 7) is 9.15. The maximum absolute atomic E-state index is 13.7. The quantitative estimate of drug-likeness (QED) is 0.452. The Balaban J connectivity index is 1.63. The van der Waals surface area contributed by atoms with E-state index in [4.69, 9.17) is 4.98 Å². The third-order valence-electron chi connectivity index (χ3n) is 6.76. The van der Waals surface area contributed by atoms with Crippen LogP contribution >= 0.6 is 0 Å². The summed E-state index contributed by atoms with van der Waals surface area (Å²) in [5.74, 6) is -1.88. The van der Waals surface area contributed by atoms with Crippen LogP contribution in [-0.2, 0) is 33.2 Å². The summed E-state index contributed by atoms with van der Waals surface area (Å²) in [6, 6.07) is 4.78. The second-order valence-electron chi connectivity index (χ2n) is 11.0. The topological polar surface area (TPSA) is 98.9 Å². The number of fused-ring (bicyclic) bond motifs is 1. The minimum atomic E-state index is -4.00. The molecule has 1 amide bonds. The molecule has 0 bridgehead atoms. The molecule has 2 heterocycles. The second-order valence-corrected chi connectivity index (χ2v) is 12.8. The molecule has 1 aliphatic rings. The van der Waals surface area contributed by atoms with Crippen molar-refractivity contribution in [2.24, 2.45) is 5.92 Å². The van der Waals surface area contributed by atoms with E-state index < -0.39 is 15.9 Å². The lowest BCUT2D eigenvalue weighted by Gasteiger charge is -2.30. The number of amides is 1. The van der Waals surface area contributed by atoms with Crippen LogP contribution in [0.1, 0.15) is 71.2 Å². The van der Waals surface area contributed by atoms with Gasteiger partial charge in [-0.3, -0.25) is 4.79 Å². The van der Waals surface area contributed by atoms with Gasteiger partial charge in [0.1, 0.15) is 5.82 Å². The Labute approximate surface area is 216 Å². The molecule has 8 nitrogen and oxygen atoms in total. The molecule has 0 unspecified atom stereocenters. The summed E-state index contributed by atoms with van der Waals surface area (Å²) in [7, 11) is -4.00. The first-order chi connectivity index (χ1) is 17.3. The van der Waals surface area contributed by atoms with E-state index in [-0.39, 0.29) is 41.4 Å². The van der Waals surface area contributed by atoms with Crippen molar-refractivity contribution in [2.75, 3.05) is 6.54 Å². The van der Waals surface area contributed by atoms with E-state index in [0.29, 0.717) is 37.0 Å². The van der Waals surface area contributed by atoms with Gasteiger partial charge in [0.25, 0.3) is 10.0 Å². The van der Waals surface area contributed by atoms with E-state index in [1.807, 2.05) is 27.7 Å². The van der Waals surface area contributed by atoms with Crippen LogP contribution in [0.2, 0.25) is 0 Å².